The van der Waals surface area contributed by atoms with E-state index in [4.69, 9.17) is 14.2 Å². The monoisotopic (exact) mass is 359 g/mol. The molecule has 2 bridgehead atoms. The number of esters is 1. The summed E-state index contributed by atoms with van der Waals surface area (Å²) < 4.78 is 15.3. The minimum absolute atomic E-state index is 0.150. The van der Waals surface area contributed by atoms with Gasteiger partial charge in [0.25, 0.3) is 5.91 Å². The Kier molecular flexibility index (Phi) is 4.97. The van der Waals surface area contributed by atoms with Gasteiger partial charge in [0.05, 0.1) is 13.7 Å². The molecule has 0 spiro atoms. The molecule has 0 aliphatic heterocycles. The number of ether oxygens (including phenoxy) is 3. The fraction of sp³-hybridized carbons (Fsp3) is 0.421. The number of hydrogen-bond donors (Lipinski definition) is 1. The van der Waals surface area contributed by atoms with Crippen LogP contribution in [0.25, 0.3) is 0 Å². The smallest absolute Gasteiger partial charge is 0.467 e. The summed E-state index contributed by atoms with van der Waals surface area (Å²) in [4.78, 5) is 37.4. The molecule has 7 heteroatoms. The quantitative estimate of drug-likeness (QED) is 0.639. The summed E-state index contributed by atoms with van der Waals surface area (Å²) in [5, 5.41) is 2.79. The summed E-state index contributed by atoms with van der Waals surface area (Å²) in [5.74, 6) is -1.60. The van der Waals surface area contributed by atoms with Crippen LogP contribution in [0.5, 0.6) is 0 Å². The molecule has 2 aliphatic rings. The molecule has 3 rings (SSSR count). The number of fused-ring (bicyclic) bond motifs is 2. The average molecular weight is 359 g/mol. The van der Waals surface area contributed by atoms with Gasteiger partial charge in [0.15, 0.2) is 5.54 Å². The van der Waals surface area contributed by atoms with Gasteiger partial charge in [-0.15, -0.1) is 0 Å². The maximum Gasteiger partial charge on any atom is 0.508 e. The Bertz CT molecular complexity index is 731. The SMILES string of the molecule is CCOC(=O)O[C@H]1[C@@H]2C=C[C@@H](C2)[C@]1(NC(=O)c1ccccc1)C(=O)OC. The molecule has 7 nitrogen and oxygen atoms in total. The molecule has 2 aliphatic carbocycles. The van der Waals surface area contributed by atoms with Crippen LogP contribution in [-0.2, 0) is 19.0 Å². The Hall–Kier alpha value is -2.83. The van der Waals surface area contributed by atoms with E-state index >= 15 is 0 Å². The van der Waals surface area contributed by atoms with Gasteiger partial charge in [0.1, 0.15) is 6.10 Å². The number of hydrogen-bond acceptors (Lipinski definition) is 6. The summed E-state index contributed by atoms with van der Waals surface area (Å²) in [7, 11) is 1.25. The molecule has 0 radical (unpaired) electrons. The molecule has 0 unspecified atom stereocenters. The van der Waals surface area contributed by atoms with Crippen molar-refractivity contribution in [3.8, 4) is 0 Å². The zero-order valence-corrected chi connectivity index (χ0v) is 14.6. The lowest BCUT2D eigenvalue weighted by Gasteiger charge is -2.38. The normalized spacial score (nSPS) is 28.5. The molecule has 1 N–H and O–H groups in total. The van der Waals surface area contributed by atoms with Crippen LogP contribution in [0, 0.1) is 11.8 Å². The van der Waals surface area contributed by atoms with Crippen molar-refractivity contribution in [3.63, 3.8) is 0 Å². The highest BCUT2D eigenvalue weighted by Gasteiger charge is 2.64. The van der Waals surface area contributed by atoms with E-state index in [1.807, 2.05) is 12.2 Å². The van der Waals surface area contributed by atoms with Crippen LogP contribution in [0.1, 0.15) is 23.7 Å². The predicted molar refractivity (Wildman–Crippen MR) is 91.3 cm³/mol. The fourth-order valence-electron chi connectivity index (χ4n) is 3.77. The fourth-order valence-corrected chi connectivity index (χ4v) is 3.77. The molecule has 26 heavy (non-hydrogen) atoms. The number of rotatable bonds is 5. The van der Waals surface area contributed by atoms with Crippen LogP contribution < -0.4 is 5.32 Å². The maximum absolute atomic E-state index is 12.7. The Balaban J connectivity index is 1.94. The molecule has 1 fully saturated rings. The summed E-state index contributed by atoms with van der Waals surface area (Å²) in [6, 6.07) is 8.54. The molecule has 0 aromatic heterocycles. The number of benzene rings is 1. The highest BCUT2D eigenvalue weighted by Crippen LogP contribution is 2.49. The van der Waals surface area contributed by atoms with Crippen molar-refractivity contribution in [2.75, 3.05) is 13.7 Å². The highest BCUT2D eigenvalue weighted by atomic mass is 16.7. The summed E-state index contributed by atoms with van der Waals surface area (Å²) in [5.41, 5.74) is -1.08. The molecule has 0 heterocycles. The van der Waals surface area contributed by atoms with Gasteiger partial charge in [-0.2, -0.15) is 0 Å². The van der Waals surface area contributed by atoms with E-state index < -0.39 is 29.7 Å². The van der Waals surface area contributed by atoms with Gasteiger partial charge in [0.2, 0.25) is 0 Å². The minimum atomic E-state index is -1.48. The first-order chi connectivity index (χ1) is 12.5. The topological polar surface area (TPSA) is 90.9 Å². The molecule has 4 atom stereocenters. The maximum atomic E-state index is 12.7. The summed E-state index contributed by atoms with van der Waals surface area (Å²) >= 11 is 0. The zero-order chi connectivity index (χ0) is 18.7. The standard InChI is InChI=1S/C19H21NO6/c1-3-25-18(23)26-15-13-9-10-14(11-13)19(15,17(22)24-2)20-16(21)12-7-5-4-6-8-12/h4-10,13-15H,3,11H2,1-2H3,(H,20,21)/t13-,14+,15+,19-/m1/s1. The van der Waals surface area contributed by atoms with E-state index in [9.17, 15) is 14.4 Å². The number of methoxy groups -OCH3 is 1. The second kappa shape index (κ2) is 7.19. The van der Waals surface area contributed by atoms with Crippen molar-refractivity contribution in [2.24, 2.45) is 11.8 Å². The first kappa shape index (κ1) is 18.0. The number of carbonyl (C=O) groups excluding carboxylic acids is 3. The van der Waals surface area contributed by atoms with Crippen LogP contribution in [0.4, 0.5) is 4.79 Å². The molecule has 0 saturated heterocycles. The van der Waals surface area contributed by atoms with E-state index in [1.165, 1.54) is 7.11 Å². The third kappa shape index (κ3) is 2.94. The van der Waals surface area contributed by atoms with Crippen molar-refractivity contribution >= 4 is 18.0 Å². The number of amides is 1. The predicted octanol–water partition coefficient (Wildman–Crippen LogP) is 2.08. The lowest BCUT2D eigenvalue weighted by Crippen LogP contribution is -2.65. The summed E-state index contributed by atoms with van der Waals surface area (Å²) in [6.07, 6.45) is 2.56. The zero-order valence-electron chi connectivity index (χ0n) is 14.6. The van der Waals surface area contributed by atoms with E-state index in [-0.39, 0.29) is 18.4 Å². The lowest BCUT2D eigenvalue weighted by molar-refractivity contribution is -0.155. The van der Waals surface area contributed by atoms with E-state index in [0.29, 0.717) is 12.0 Å². The average Bonchev–Trinajstić information content (AvgIpc) is 3.24. The van der Waals surface area contributed by atoms with Crippen molar-refractivity contribution < 1.29 is 28.6 Å². The second-order valence-electron chi connectivity index (χ2n) is 6.29. The van der Waals surface area contributed by atoms with Crippen LogP contribution >= 0.6 is 0 Å². The van der Waals surface area contributed by atoms with Gasteiger partial charge in [0, 0.05) is 17.4 Å². The van der Waals surface area contributed by atoms with Crippen LogP contribution in [0.2, 0.25) is 0 Å². The second-order valence-corrected chi connectivity index (χ2v) is 6.29. The van der Waals surface area contributed by atoms with Crippen molar-refractivity contribution in [1.82, 2.24) is 5.32 Å². The molecular weight excluding hydrogens is 338 g/mol. The van der Waals surface area contributed by atoms with Gasteiger partial charge >= 0.3 is 12.1 Å². The Labute approximate surface area is 151 Å². The lowest BCUT2D eigenvalue weighted by atomic mass is 9.81. The van der Waals surface area contributed by atoms with Crippen LogP contribution in [-0.4, -0.2) is 43.4 Å². The van der Waals surface area contributed by atoms with Crippen molar-refractivity contribution in [1.29, 1.82) is 0 Å². The van der Waals surface area contributed by atoms with Crippen molar-refractivity contribution in [3.05, 3.63) is 48.0 Å². The van der Waals surface area contributed by atoms with Crippen LogP contribution in [0.3, 0.4) is 0 Å². The first-order valence-electron chi connectivity index (χ1n) is 8.50. The Morgan fingerprint density at radius 2 is 1.92 bits per heavy atom. The minimum Gasteiger partial charge on any atom is -0.467 e. The largest absolute Gasteiger partial charge is 0.508 e. The molecule has 1 saturated carbocycles. The van der Waals surface area contributed by atoms with Gasteiger partial charge in [-0.25, -0.2) is 9.59 Å². The number of nitrogens with one attached hydrogen (secondary N) is 1. The van der Waals surface area contributed by atoms with E-state index in [1.54, 1.807) is 37.3 Å². The molecular formula is C19H21NO6. The van der Waals surface area contributed by atoms with E-state index in [2.05, 4.69) is 5.32 Å². The third-order valence-corrected chi connectivity index (χ3v) is 4.90. The molecule has 138 valence electrons. The van der Waals surface area contributed by atoms with Crippen LogP contribution in [0.15, 0.2) is 42.5 Å². The Morgan fingerprint density at radius 3 is 2.58 bits per heavy atom. The van der Waals surface area contributed by atoms with Gasteiger partial charge in [-0.3, -0.25) is 4.79 Å². The van der Waals surface area contributed by atoms with Gasteiger partial charge in [-0.05, 0) is 25.5 Å². The van der Waals surface area contributed by atoms with E-state index in [0.717, 1.165) is 0 Å². The molecule has 1 amide bonds. The summed E-state index contributed by atoms with van der Waals surface area (Å²) in [6.45, 7) is 1.81. The highest BCUT2D eigenvalue weighted by molar-refractivity contribution is 5.99. The van der Waals surface area contributed by atoms with Gasteiger partial charge in [-0.1, -0.05) is 30.4 Å². The number of carbonyl (C=O) groups is 3. The molecule has 1 aromatic carbocycles. The Morgan fingerprint density at radius 1 is 1.19 bits per heavy atom. The third-order valence-electron chi connectivity index (χ3n) is 4.90. The first-order valence-corrected chi connectivity index (χ1v) is 8.50. The van der Waals surface area contributed by atoms with Crippen molar-refractivity contribution in [2.45, 2.75) is 25.0 Å². The molecule has 1 aromatic rings. The van der Waals surface area contributed by atoms with Gasteiger partial charge < -0.3 is 19.5 Å².